The van der Waals surface area contributed by atoms with Crippen LogP contribution in [0.2, 0.25) is 0 Å². The van der Waals surface area contributed by atoms with E-state index in [2.05, 4.69) is 28.6 Å². The Labute approximate surface area is 174 Å². The molecule has 0 spiro atoms. The monoisotopic (exact) mass is 437 g/mol. The van der Waals surface area contributed by atoms with Crippen molar-refractivity contribution in [1.29, 1.82) is 0 Å². The quantitative estimate of drug-likeness (QED) is 0.0962. The topological polar surface area (TPSA) is 217 Å². The summed E-state index contributed by atoms with van der Waals surface area (Å²) in [5.74, 6) is -4.09. The summed E-state index contributed by atoms with van der Waals surface area (Å²) in [7, 11) is 0. The second-order valence-electron chi connectivity index (χ2n) is 6.44. The van der Waals surface area contributed by atoms with E-state index in [0.717, 1.165) is 0 Å². The molecule has 0 radical (unpaired) electrons. The summed E-state index contributed by atoms with van der Waals surface area (Å²) >= 11 is 3.94. The van der Waals surface area contributed by atoms with Crippen molar-refractivity contribution < 1.29 is 34.5 Å². The number of carboxylic acids is 1. The number of carboxylic acid groups (broad SMARTS) is 1. The van der Waals surface area contributed by atoms with Crippen LogP contribution < -0.4 is 27.4 Å². The molecule has 5 unspecified atom stereocenters. The van der Waals surface area contributed by atoms with Crippen molar-refractivity contribution in [2.45, 2.75) is 56.5 Å². The Morgan fingerprint density at radius 3 is 2.00 bits per heavy atom. The maximum Gasteiger partial charge on any atom is 0.328 e. The van der Waals surface area contributed by atoms with Crippen molar-refractivity contribution in [1.82, 2.24) is 16.0 Å². The fraction of sp³-hybridized carbons (Fsp3) is 0.750. The van der Waals surface area contributed by atoms with Crippen LogP contribution in [0, 0.1) is 0 Å². The summed E-state index contributed by atoms with van der Waals surface area (Å²) in [5.41, 5.74) is 11.1. The fourth-order valence-corrected chi connectivity index (χ4v) is 2.48. The lowest BCUT2D eigenvalue weighted by atomic mass is 10.1. The highest BCUT2D eigenvalue weighted by molar-refractivity contribution is 7.80. The van der Waals surface area contributed by atoms with Gasteiger partial charge in [0.05, 0.1) is 18.8 Å². The van der Waals surface area contributed by atoms with Gasteiger partial charge in [0.2, 0.25) is 17.7 Å². The Morgan fingerprint density at radius 1 is 1.00 bits per heavy atom. The lowest BCUT2D eigenvalue weighted by Crippen LogP contribution is -2.59. The molecule has 29 heavy (non-hydrogen) atoms. The molecule has 0 aliphatic carbocycles. The molecule has 0 saturated heterocycles. The molecule has 0 rings (SSSR count). The van der Waals surface area contributed by atoms with E-state index in [1.807, 2.05) is 0 Å². The number of thiol groups is 1. The molecule has 5 atom stereocenters. The summed E-state index contributed by atoms with van der Waals surface area (Å²) < 4.78 is 0. The average Bonchev–Trinajstić information content (AvgIpc) is 2.67. The van der Waals surface area contributed by atoms with Crippen LogP contribution in [0.4, 0.5) is 0 Å². The van der Waals surface area contributed by atoms with Crippen LogP contribution in [0.15, 0.2) is 0 Å². The second-order valence-corrected chi connectivity index (χ2v) is 6.81. The standard InChI is InChI=1S/C16H31N5O7S/c1-8(23)12(16(27)28)21-15(26)11(7-29)20-14(25)10(6-22)19-13(24)9(18)4-2-3-5-17/h8-12,22-23,29H,2-7,17-18H2,1H3,(H,19,24)(H,20,25)(H,21,26)(H,27,28). The molecule has 0 aliphatic heterocycles. The minimum atomic E-state index is -1.58. The zero-order valence-electron chi connectivity index (χ0n) is 16.2. The van der Waals surface area contributed by atoms with Crippen LogP contribution in [0.1, 0.15) is 26.2 Å². The van der Waals surface area contributed by atoms with Gasteiger partial charge < -0.3 is 42.7 Å². The minimum Gasteiger partial charge on any atom is -0.480 e. The highest BCUT2D eigenvalue weighted by Crippen LogP contribution is 2.00. The van der Waals surface area contributed by atoms with E-state index in [1.165, 1.54) is 6.92 Å². The van der Waals surface area contributed by atoms with Gasteiger partial charge >= 0.3 is 5.97 Å². The van der Waals surface area contributed by atoms with Gasteiger partial charge in [-0.3, -0.25) is 14.4 Å². The number of aliphatic hydroxyl groups excluding tert-OH is 2. The van der Waals surface area contributed by atoms with Crippen LogP contribution in [-0.4, -0.2) is 88.2 Å². The number of hydrogen-bond acceptors (Lipinski definition) is 9. The maximum absolute atomic E-state index is 12.3. The Morgan fingerprint density at radius 2 is 1.55 bits per heavy atom. The second kappa shape index (κ2) is 14.1. The maximum atomic E-state index is 12.3. The molecule has 0 aliphatic rings. The Kier molecular flexibility index (Phi) is 13.2. The minimum absolute atomic E-state index is 0.200. The van der Waals surface area contributed by atoms with E-state index in [1.54, 1.807) is 0 Å². The van der Waals surface area contributed by atoms with E-state index in [4.69, 9.17) is 16.6 Å². The van der Waals surface area contributed by atoms with Crippen LogP contribution in [0.3, 0.4) is 0 Å². The zero-order chi connectivity index (χ0) is 22.6. The number of hydrogen-bond donors (Lipinski definition) is 9. The number of unbranched alkanes of at least 4 members (excludes halogenated alkanes) is 1. The summed E-state index contributed by atoms with van der Waals surface area (Å²) in [6.45, 7) is 0.891. The molecule has 0 fully saturated rings. The summed E-state index contributed by atoms with van der Waals surface area (Å²) in [6, 6.07) is -5.11. The fourth-order valence-electron chi connectivity index (χ4n) is 2.22. The molecule has 168 valence electrons. The Balaban J connectivity index is 4.88. The number of aliphatic hydroxyl groups is 2. The van der Waals surface area contributed by atoms with Gasteiger partial charge in [-0.05, 0) is 26.3 Å². The van der Waals surface area contributed by atoms with Crippen molar-refractivity contribution in [3.8, 4) is 0 Å². The van der Waals surface area contributed by atoms with Crippen molar-refractivity contribution in [2.24, 2.45) is 11.5 Å². The lowest BCUT2D eigenvalue weighted by Gasteiger charge is -2.24. The number of aliphatic carboxylic acids is 1. The molecule has 3 amide bonds. The Bertz CT molecular complexity index is 564. The Hall–Kier alpha value is -1.93. The van der Waals surface area contributed by atoms with E-state index < -0.39 is 60.6 Å². The van der Waals surface area contributed by atoms with Gasteiger partial charge in [-0.2, -0.15) is 12.6 Å². The third-order valence-corrected chi connectivity index (χ3v) is 4.35. The predicted molar refractivity (Wildman–Crippen MR) is 107 cm³/mol. The van der Waals surface area contributed by atoms with Crippen molar-refractivity contribution in [3.63, 3.8) is 0 Å². The van der Waals surface area contributed by atoms with Gasteiger partial charge in [0.1, 0.15) is 12.1 Å². The lowest BCUT2D eigenvalue weighted by molar-refractivity contribution is -0.145. The zero-order valence-corrected chi connectivity index (χ0v) is 17.1. The van der Waals surface area contributed by atoms with Crippen molar-refractivity contribution >= 4 is 36.3 Å². The molecule has 0 saturated carbocycles. The molecule has 0 aromatic rings. The molecule has 0 aromatic carbocycles. The van der Waals surface area contributed by atoms with Gasteiger partial charge in [0.25, 0.3) is 0 Å². The first kappa shape index (κ1) is 27.1. The number of rotatable bonds is 14. The van der Waals surface area contributed by atoms with Crippen LogP contribution >= 0.6 is 12.6 Å². The van der Waals surface area contributed by atoms with Crippen LogP contribution in [-0.2, 0) is 19.2 Å². The first-order valence-corrected chi connectivity index (χ1v) is 9.71. The third-order valence-electron chi connectivity index (χ3n) is 3.98. The van der Waals surface area contributed by atoms with Gasteiger partial charge in [0, 0.05) is 5.75 Å². The molecule has 0 aromatic heterocycles. The molecule has 12 nitrogen and oxygen atoms in total. The SMILES string of the molecule is CC(O)C(NC(=O)C(CS)NC(=O)C(CO)NC(=O)C(N)CCCCN)C(=O)O. The van der Waals surface area contributed by atoms with Gasteiger partial charge in [-0.15, -0.1) is 0 Å². The van der Waals surface area contributed by atoms with E-state index in [-0.39, 0.29) is 5.75 Å². The summed E-state index contributed by atoms with van der Waals surface area (Å²) in [4.78, 5) is 47.6. The first-order valence-electron chi connectivity index (χ1n) is 9.08. The van der Waals surface area contributed by atoms with Crippen LogP contribution in [0.5, 0.6) is 0 Å². The van der Waals surface area contributed by atoms with E-state index in [9.17, 15) is 29.4 Å². The molecule has 0 heterocycles. The highest BCUT2D eigenvalue weighted by atomic mass is 32.1. The molecular formula is C16H31N5O7S. The number of carbonyl (C=O) groups is 4. The van der Waals surface area contributed by atoms with E-state index >= 15 is 0 Å². The first-order chi connectivity index (χ1) is 13.6. The normalized spacial score (nSPS) is 16.1. The smallest absolute Gasteiger partial charge is 0.328 e. The summed E-state index contributed by atoms with van der Waals surface area (Å²) in [6.07, 6.45) is 0.281. The number of nitrogens with two attached hydrogens (primary N) is 2. The van der Waals surface area contributed by atoms with Gasteiger partial charge in [0.15, 0.2) is 6.04 Å². The molecule has 13 heteroatoms. The summed E-state index contributed by atoms with van der Waals surface area (Å²) in [5, 5.41) is 34.5. The average molecular weight is 438 g/mol. The van der Waals surface area contributed by atoms with Crippen LogP contribution in [0.25, 0.3) is 0 Å². The number of amides is 3. The van der Waals surface area contributed by atoms with Gasteiger partial charge in [-0.1, -0.05) is 6.42 Å². The largest absolute Gasteiger partial charge is 0.480 e. The molecule has 10 N–H and O–H groups in total. The van der Waals surface area contributed by atoms with Gasteiger partial charge in [-0.25, -0.2) is 4.79 Å². The van der Waals surface area contributed by atoms with Crippen molar-refractivity contribution in [3.05, 3.63) is 0 Å². The number of carbonyl (C=O) groups excluding carboxylic acids is 3. The predicted octanol–water partition coefficient (Wildman–Crippen LogP) is -3.72. The number of nitrogens with one attached hydrogen (secondary N) is 3. The highest BCUT2D eigenvalue weighted by Gasteiger charge is 2.31. The molecule has 0 bridgehead atoms. The van der Waals surface area contributed by atoms with Crippen molar-refractivity contribution in [2.75, 3.05) is 18.9 Å². The third kappa shape index (κ3) is 9.89. The van der Waals surface area contributed by atoms with E-state index in [0.29, 0.717) is 25.8 Å². The molecular weight excluding hydrogens is 406 g/mol.